The highest BCUT2D eigenvalue weighted by Gasteiger charge is 2.38. The van der Waals surface area contributed by atoms with Crippen molar-refractivity contribution in [3.63, 3.8) is 0 Å². The van der Waals surface area contributed by atoms with E-state index in [0.29, 0.717) is 0 Å². The van der Waals surface area contributed by atoms with Gasteiger partial charge in [0.05, 0.1) is 5.41 Å². The molecule has 0 fully saturated rings. The summed E-state index contributed by atoms with van der Waals surface area (Å²) in [6.45, 7) is 8.48. The Balaban J connectivity index is 1.68. The molecule has 0 unspecified atom stereocenters. The Hall–Kier alpha value is -1.87. The molecule has 5 heteroatoms. The van der Waals surface area contributed by atoms with Gasteiger partial charge in [-0.3, -0.25) is 4.79 Å². The van der Waals surface area contributed by atoms with Crippen LogP contribution in [-0.2, 0) is 15.6 Å². The minimum Gasteiger partial charge on any atom is -0.388 e. The van der Waals surface area contributed by atoms with Crippen LogP contribution in [0.4, 0.5) is 11.4 Å². The van der Waals surface area contributed by atoms with Gasteiger partial charge < -0.3 is 10.2 Å². The normalized spacial score (nSPS) is 16.8. The smallest absolute Gasteiger partial charge is 0.165 e. The van der Waals surface area contributed by atoms with Gasteiger partial charge in [0.25, 0.3) is 0 Å². The Morgan fingerprint density at radius 3 is 2.29 bits per heavy atom. The van der Waals surface area contributed by atoms with Gasteiger partial charge in [0.15, 0.2) is 5.78 Å². The van der Waals surface area contributed by atoms with Crippen LogP contribution in [0, 0.1) is 7.14 Å². The van der Waals surface area contributed by atoms with Gasteiger partial charge in [-0.15, -0.1) is 0 Å². The Bertz CT molecular complexity index is 1200. The maximum absolute atomic E-state index is 13.0. The zero-order valence-corrected chi connectivity index (χ0v) is 24.9. The number of anilines is 2. The van der Waals surface area contributed by atoms with Crippen molar-refractivity contribution in [3.05, 3.63) is 103 Å². The molecule has 0 atom stereocenters. The summed E-state index contributed by atoms with van der Waals surface area (Å²) in [4.78, 5) is 15.2. The van der Waals surface area contributed by atoms with Crippen LogP contribution in [0.15, 0.2) is 84.6 Å². The molecule has 2 aromatic rings. The van der Waals surface area contributed by atoms with E-state index in [-0.39, 0.29) is 11.2 Å². The first-order valence-corrected chi connectivity index (χ1v) is 13.4. The zero-order valence-electron chi connectivity index (χ0n) is 20.6. The summed E-state index contributed by atoms with van der Waals surface area (Å²) < 4.78 is 2.37. The van der Waals surface area contributed by atoms with Gasteiger partial charge in [-0.05, 0) is 119 Å². The van der Waals surface area contributed by atoms with E-state index in [9.17, 15) is 4.79 Å². The van der Waals surface area contributed by atoms with Crippen LogP contribution < -0.4 is 10.2 Å². The molecule has 0 aromatic heterocycles. The number of ketones is 1. The standard InChI is InChI=1S/C29H32I2N2O/c1-28(2)23-19-21(31)15-17-25(23)33(6)26(28)12-10-8-7-9-11-13-27(34)29(3,4)22-18-20(30)14-16-24(22)32-5/h7-19,32H,1-6H3/b9-7+,10-8+,13-11+,26-12-. The molecule has 0 amide bonds. The number of fused-ring (bicyclic) bond motifs is 1. The highest BCUT2D eigenvalue weighted by molar-refractivity contribution is 14.1. The number of halogens is 2. The summed E-state index contributed by atoms with van der Waals surface area (Å²) >= 11 is 4.66. The summed E-state index contributed by atoms with van der Waals surface area (Å²) in [6.07, 6.45) is 13.6. The molecule has 0 saturated carbocycles. The molecule has 3 nitrogen and oxygen atoms in total. The zero-order chi connectivity index (χ0) is 25.1. The second kappa shape index (κ2) is 10.8. The van der Waals surface area contributed by atoms with E-state index in [1.165, 1.54) is 20.5 Å². The number of hydrogen-bond donors (Lipinski definition) is 1. The van der Waals surface area contributed by atoms with Gasteiger partial charge in [-0.1, -0.05) is 44.2 Å². The molecule has 1 N–H and O–H groups in total. The molecule has 0 spiro atoms. The van der Waals surface area contributed by atoms with Crippen molar-refractivity contribution in [2.75, 3.05) is 24.3 Å². The lowest BCUT2D eigenvalue weighted by atomic mass is 9.79. The number of benzene rings is 2. The molecule has 34 heavy (non-hydrogen) atoms. The number of carbonyl (C=O) groups excluding carboxylic acids is 1. The summed E-state index contributed by atoms with van der Waals surface area (Å²) in [6, 6.07) is 12.8. The van der Waals surface area contributed by atoms with Crippen molar-refractivity contribution in [1.29, 1.82) is 0 Å². The van der Waals surface area contributed by atoms with Gasteiger partial charge >= 0.3 is 0 Å². The number of nitrogens with zero attached hydrogens (tertiary/aromatic N) is 1. The fraction of sp³-hybridized carbons (Fsp3) is 0.276. The molecule has 178 valence electrons. The van der Waals surface area contributed by atoms with Crippen LogP contribution in [0.5, 0.6) is 0 Å². The average molecular weight is 678 g/mol. The third-order valence-corrected chi connectivity index (χ3v) is 7.82. The summed E-state index contributed by atoms with van der Waals surface area (Å²) in [7, 11) is 4.01. The first-order chi connectivity index (χ1) is 16.0. The summed E-state index contributed by atoms with van der Waals surface area (Å²) in [5.41, 5.74) is 5.21. The molecular formula is C29H32I2N2O. The van der Waals surface area contributed by atoms with E-state index in [4.69, 9.17) is 0 Å². The molecule has 1 aliphatic heterocycles. The average Bonchev–Trinajstić information content (AvgIpc) is 2.97. The molecule has 0 radical (unpaired) electrons. The topological polar surface area (TPSA) is 32.3 Å². The number of nitrogens with one attached hydrogen (secondary N) is 1. The summed E-state index contributed by atoms with van der Waals surface area (Å²) in [5.74, 6) is 0.0727. The Morgan fingerprint density at radius 2 is 1.59 bits per heavy atom. The maximum atomic E-state index is 13.0. The van der Waals surface area contributed by atoms with Crippen molar-refractivity contribution in [3.8, 4) is 0 Å². The maximum Gasteiger partial charge on any atom is 0.165 e. The third kappa shape index (κ3) is 5.51. The van der Waals surface area contributed by atoms with Crippen LogP contribution in [0.1, 0.15) is 38.8 Å². The molecule has 0 aliphatic carbocycles. The molecule has 0 saturated heterocycles. The molecule has 2 aromatic carbocycles. The summed E-state index contributed by atoms with van der Waals surface area (Å²) in [5, 5.41) is 3.20. The van der Waals surface area contributed by atoms with Gasteiger partial charge in [0.2, 0.25) is 0 Å². The number of hydrogen-bond acceptors (Lipinski definition) is 3. The monoisotopic (exact) mass is 678 g/mol. The van der Waals surface area contributed by atoms with Crippen LogP contribution >= 0.6 is 45.2 Å². The number of rotatable bonds is 7. The van der Waals surface area contributed by atoms with Crippen LogP contribution in [0.2, 0.25) is 0 Å². The van der Waals surface area contributed by atoms with E-state index >= 15 is 0 Å². The largest absolute Gasteiger partial charge is 0.388 e. The van der Waals surface area contributed by atoms with Crippen LogP contribution in [-0.4, -0.2) is 19.9 Å². The fourth-order valence-corrected chi connectivity index (χ4v) is 5.37. The predicted molar refractivity (Wildman–Crippen MR) is 163 cm³/mol. The van der Waals surface area contributed by atoms with Gasteiger partial charge in [0.1, 0.15) is 0 Å². The van der Waals surface area contributed by atoms with Crippen molar-refractivity contribution in [2.24, 2.45) is 0 Å². The Kier molecular flexibility index (Phi) is 8.50. The van der Waals surface area contributed by atoms with Gasteiger partial charge in [-0.25, -0.2) is 0 Å². The quantitative estimate of drug-likeness (QED) is 0.185. The lowest BCUT2D eigenvalue weighted by Gasteiger charge is -2.25. The van der Waals surface area contributed by atoms with Crippen molar-refractivity contribution >= 4 is 62.3 Å². The lowest BCUT2D eigenvalue weighted by molar-refractivity contribution is -0.118. The Morgan fingerprint density at radius 1 is 0.971 bits per heavy atom. The number of likely N-dealkylation sites (N-methyl/N-ethyl adjacent to an activating group) is 1. The van der Waals surface area contributed by atoms with Gasteiger partial charge in [-0.2, -0.15) is 0 Å². The lowest BCUT2D eigenvalue weighted by Crippen LogP contribution is -2.28. The number of allylic oxidation sites excluding steroid dienone is 8. The van der Waals surface area contributed by atoms with E-state index < -0.39 is 5.41 Å². The molecule has 1 aliphatic rings. The first kappa shape index (κ1) is 26.7. The highest BCUT2D eigenvalue weighted by Crippen LogP contribution is 2.47. The second-order valence-electron chi connectivity index (χ2n) is 9.46. The minimum atomic E-state index is -0.615. The minimum absolute atomic E-state index is 0.0430. The van der Waals surface area contributed by atoms with E-state index in [1.54, 1.807) is 6.08 Å². The first-order valence-electron chi connectivity index (χ1n) is 11.3. The Labute approximate surface area is 231 Å². The van der Waals surface area contributed by atoms with E-state index in [1.807, 2.05) is 57.3 Å². The van der Waals surface area contributed by atoms with Crippen LogP contribution in [0.25, 0.3) is 0 Å². The van der Waals surface area contributed by atoms with Crippen LogP contribution in [0.3, 0.4) is 0 Å². The van der Waals surface area contributed by atoms with Crippen molar-refractivity contribution in [1.82, 2.24) is 0 Å². The molecular weight excluding hydrogens is 646 g/mol. The highest BCUT2D eigenvalue weighted by atomic mass is 127. The predicted octanol–water partition coefficient (Wildman–Crippen LogP) is 7.76. The van der Waals surface area contributed by atoms with E-state index in [2.05, 4.69) is 113 Å². The molecule has 0 bridgehead atoms. The second-order valence-corrected chi connectivity index (χ2v) is 11.9. The van der Waals surface area contributed by atoms with Crippen molar-refractivity contribution in [2.45, 2.75) is 38.5 Å². The van der Waals surface area contributed by atoms with Crippen molar-refractivity contribution < 1.29 is 4.79 Å². The SMILES string of the molecule is CNc1ccc(I)cc1C(C)(C)C(=O)/C=C/C=C/C=C/C=C1\N(C)c2ccc(I)cc2C1(C)C. The van der Waals surface area contributed by atoms with Gasteiger partial charge in [0, 0.05) is 43.7 Å². The molecule has 3 rings (SSSR count). The number of carbonyl (C=O) groups is 1. The molecule has 1 heterocycles. The third-order valence-electron chi connectivity index (χ3n) is 6.48. The van der Waals surface area contributed by atoms with E-state index in [0.717, 1.165) is 14.8 Å². The fourth-order valence-electron chi connectivity index (χ4n) is 4.38.